The van der Waals surface area contributed by atoms with Gasteiger partial charge in [0, 0.05) is 12.0 Å². The second-order valence-corrected chi connectivity index (χ2v) is 6.96. The van der Waals surface area contributed by atoms with Crippen molar-refractivity contribution in [1.82, 2.24) is 0 Å². The lowest BCUT2D eigenvalue weighted by Gasteiger charge is -2.43. The average molecular weight is 261 g/mol. The molecule has 106 valence electrons. The van der Waals surface area contributed by atoms with E-state index in [2.05, 4.69) is 39.8 Å². The van der Waals surface area contributed by atoms with Gasteiger partial charge in [0.2, 0.25) is 0 Å². The zero-order valence-electron chi connectivity index (χ0n) is 13.0. The average Bonchev–Trinajstić information content (AvgIpc) is 2.28. The molecule has 0 bridgehead atoms. The monoisotopic (exact) mass is 261 g/mol. The van der Waals surface area contributed by atoms with Crippen LogP contribution in [0.15, 0.2) is 12.1 Å². The summed E-state index contributed by atoms with van der Waals surface area (Å²) >= 11 is 0. The molecule has 0 aromatic heterocycles. The van der Waals surface area contributed by atoms with Crippen molar-refractivity contribution in [2.45, 2.75) is 57.8 Å². The van der Waals surface area contributed by atoms with Gasteiger partial charge >= 0.3 is 0 Å². The zero-order chi connectivity index (χ0) is 14.3. The molecule has 0 heterocycles. The summed E-state index contributed by atoms with van der Waals surface area (Å²) in [6.07, 6.45) is 3.74. The third-order valence-corrected chi connectivity index (χ3v) is 4.63. The van der Waals surface area contributed by atoms with Crippen molar-refractivity contribution in [3.8, 4) is 5.75 Å². The topological polar surface area (TPSA) is 35.2 Å². The van der Waals surface area contributed by atoms with Crippen molar-refractivity contribution in [3.05, 3.63) is 28.8 Å². The molecule has 1 fully saturated rings. The Balaban J connectivity index is 2.57. The molecule has 2 rings (SSSR count). The van der Waals surface area contributed by atoms with Gasteiger partial charge in [-0.2, -0.15) is 0 Å². The highest BCUT2D eigenvalue weighted by Gasteiger charge is 2.39. The van der Waals surface area contributed by atoms with Crippen LogP contribution in [0.5, 0.6) is 5.75 Å². The van der Waals surface area contributed by atoms with Crippen molar-refractivity contribution in [2.75, 3.05) is 13.7 Å². The molecule has 0 atom stereocenters. The summed E-state index contributed by atoms with van der Waals surface area (Å²) in [5, 5.41) is 0. The van der Waals surface area contributed by atoms with E-state index in [0.717, 1.165) is 12.3 Å². The van der Waals surface area contributed by atoms with Gasteiger partial charge in [-0.15, -0.1) is 0 Å². The minimum absolute atomic E-state index is 0.0906. The lowest BCUT2D eigenvalue weighted by molar-refractivity contribution is 0.251. The van der Waals surface area contributed by atoms with Crippen LogP contribution in [0.1, 0.15) is 56.7 Å². The van der Waals surface area contributed by atoms with Crippen LogP contribution < -0.4 is 10.5 Å². The highest BCUT2D eigenvalue weighted by molar-refractivity contribution is 5.49. The molecular formula is C17H27NO. The predicted molar refractivity (Wildman–Crippen MR) is 81.0 cm³/mol. The number of ether oxygens (including phenoxy) is 1. The van der Waals surface area contributed by atoms with E-state index < -0.39 is 0 Å². The Morgan fingerprint density at radius 3 is 2.26 bits per heavy atom. The maximum atomic E-state index is 6.07. The molecule has 2 nitrogen and oxygen atoms in total. The largest absolute Gasteiger partial charge is 0.496 e. The number of benzene rings is 1. The molecule has 2 N–H and O–H groups in total. The number of aryl methyl sites for hydroxylation is 1. The number of methoxy groups -OCH3 is 1. The molecule has 0 radical (unpaired) electrons. The summed E-state index contributed by atoms with van der Waals surface area (Å²) in [5.74, 6) is 1.00. The molecule has 1 aliphatic rings. The van der Waals surface area contributed by atoms with E-state index in [1.165, 1.54) is 36.0 Å². The zero-order valence-corrected chi connectivity index (χ0v) is 13.0. The summed E-state index contributed by atoms with van der Waals surface area (Å²) in [7, 11) is 1.76. The highest BCUT2D eigenvalue weighted by atomic mass is 16.5. The lowest BCUT2D eigenvalue weighted by Crippen LogP contribution is -2.42. The van der Waals surface area contributed by atoms with Gasteiger partial charge in [-0.05, 0) is 47.9 Å². The Bertz CT molecular complexity index is 461. The summed E-state index contributed by atoms with van der Waals surface area (Å²) in [6, 6.07) is 4.53. The molecular weight excluding hydrogens is 234 g/mol. The Morgan fingerprint density at radius 2 is 1.89 bits per heavy atom. The maximum absolute atomic E-state index is 6.07. The Morgan fingerprint density at radius 1 is 1.26 bits per heavy atom. The van der Waals surface area contributed by atoms with Crippen molar-refractivity contribution in [1.29, 1.82) is 0 Å². The highest BCUT2D eigenvalue weighted by Crippen LogP contribution is 2.46. The molecule has 1 aliphatic carbocycles. The quantitative estimate of drug-likeness (QED) is 0.900. The van der Waals surface area contributed by atoms with Gasteiger partial charge in [0.15, 0.2) is 0 Å². The summed E-state index contributed by atoms with van der Waals surface area (Å²) < 4.78 is 5.57. The molecule has 0 spiro atoms. The van der Waals surface area contributed by atoms with Crippen LogP contribution in [0.3, 0.4) is 0 Å². The number of hydrogen-bond donors (Lipinski definition) is 1. The van der Waals surface area contributed by atoms with Crippen LogP contribution in [-0.2, 0) is 10.8 Å². The minimum atomic E-state index is 0.0906. The predicted octanol–water partition coefficient (Wildman–Crippen LogP) is 3.68. The van der Waals surface area contributed by atoms with E-state index in [0.29, 0.717) is 0 Å². The second kappa shape index (κ2) is 4.82. The molecule has 1 aromatic carbocycles. The standard InChI is InChI=1S/C17H27NO/c1-12-9-15(19-5)14(16(2,3)4)10-13(12)17(11-18)7-6-8-17/h9-10H,6-8,11,18H2,1-5H3. The van der Waals surface area contributed by atoms with Crippen LogP contribution >= 0.6 is 0 Å². The Labute approximate surface area is 117 Å². The van der Waals surface area contributed by atoms with Gasteiger partial charge < -0.3 is 10.5 Å². The van der Waals surface area contributed by atoms with Crippen molar-refractivity contribution in [3.63, 3.8) is 0 Å². The number of rotatable bonds is 3. The van der Waals surface area contributed by atoms with Crippen molar-refractivity contribution in [2.24, 2.45) is 5.73 Å². The minimum Gasteiger partial charge on any atom is -0.496 e. The van der Waals surface area contributed by atoms with Crippen LogP contribution in [-0.4, -0.2) is 13.7 Å². The van der Waals surface area contributed by atoms with Crippen LogP contribution in [0.2, 0.25) is 0 Å². The van der Waals surface area contributed by atoms with E-state index in [1.54, 1.807) is 7.11 Å². The normalized spacial score (nSPS) is 18.0. The molecule has 19 heavy (non-hydrogen) atoms. The molecule has 0 unspecified atom stereocenters. The van der Waals surface area contributed by atoms with E-state index in [9.17, 15) is 0 Å². The van der Waals surface area contributed by atoms with E-state index >= 15 is 0 Å². The summed E-state index contributed by atoms with van der Waals surface area (Å²) in [5.41, 5.74) is 10.4. The third-order valence-electron chi connectivity index (χ3n) is 4.63. The maximum Gasteiger partial charge on any atom is 0.122 e. The molecule has 2 heteroatoms. The molecule has 1 aromatic rings. The van der Waals surface area contributed by atoms with Crippen molar-refractivity contribution < 1.29 is 4.74 Å². The van der Waals surface area contributed by atoms with Gasteiger partial charge in [0.05, 0.1) is 7.11 Å². The van der Waals surface area contributed by atoms with E-state index in [-0.39, 0.29) is 10.8 Å². The lowest BCUT2D eigenvalue weighted by atomic mass is 9.62. The van der Waals surface area contributed by atoms with Gasteiger partial charge in [0.25, 0.3) is 0 Å². The van der Waals surface area contributed by atoms with Gasteiger partial charge in [-0.1, -0.05) is 33.3 Å². The fourth-order valence-electron chi connectivity index (χ4n) is 3.19. The third kappa shape index (κ3) is 2.38. The molecule has 0 aliphatic heterocycles. The second-order valence-electron chi connectivity index (χ2n) is 6.96. The van der Waals surface area contributed by atoms with Gasteiger partial charge in [-0.25, -0.2) is 0 Å². The summed E-state index contributed by atoms with van der Waals surface area (Å²) in [4.78, 5) is 0. The number of nitrogens with two attached hydrogens (primary N) is 1. The molecule has 0 amide bonds. The van der Waals surface area contributed by atoms with Crippen LogP contribution in [0.25, 0.3) is 0 Å². The Hall–Kier alpha value is -1.02. The van der Waals surface area contributed by atoms with Gasteiger partial charge in [-0.3, -0.25) is 0 Å². The Kier molecular flexibility index (Phi) is 3.65. The summed E-state index contributed by atoms with van der Waals surface area (Å²) in [6.45, 7) is 9.64. The number of hydrogen-bond acceptors (Lipinski definition) is 2. The molecule has 1 saturated carbocycles. The van der Waals surface area contributed by atoms with E-state index in [1.807, 2.05) is 0 Å². The first-order valence-electron chi connectivity index (χ1n) is 7.24. The SMILES string of the molecule is COc1cc(C)c(C2(CN)CCC2)cc1C(C)(C)C. The van der Waals surface area contributed by atoms with E-state index in [4.69, 9.17) is 10.5 Å². The fraction of sp³-hybridized carbons (Fsp3) is 0.647. The smallest absolute Gasteiger partial charge is 0.122 e. The fourth-order valence-corrected chi connectivity index (χ4v) is 3.19. The molecule has 0 saturated heterocycles. The first kappa shape index (κ1) is 14.4. The van der Waals surface area contributed by atoms with Crippen molar-refractivity contribution >= 4 is 0 Å². The first-order valence-corrected chi connectivity index (χ1v) is 7.24. The first-order chi connectivity index (χ1) is 8.84. The van der Waals surface area contributed by atoms with Crippen LogP contribution in [0.4, 0.5) is 0 Å². The van der Waals surface area contributed by atoms with Gasteiger partial charge in [0.1, 0.15) is 5.75 Å². The van der Waals surface area contributed by atoms with Crippen LogP contribution in [0, 0.1) is 6.92 Å².